The van der Waals surface area contributed by atoms with Crippen LogP contribution in [0.15, 0.2) is 11.6 Å². The zero-order valence-electron chi connectivity index (χ0n) is 28.6. The summed E-state index contributed by atoms with van der Waals surface area (Å²) in [6.07, 6.45) is -1.38. The minimum Gasteiger partial charge on any atom is -0.392 e. The van der Waals surface area contributed by atoms with E-state index < -0.39 is 71.2 Å². The number of allylic oxidation sites excluding steroid dienone is 1. The van der Waals surface area contributed by atoms with Crippen LogP contribution >= 0.6 is 0 Å². The molecule has 4 saturated carbocycles. The molecule has 8 aliphatic rings. The topological polar surface area (TPSA) is 158 Å². The van der Waals surface area contributed by atoms with Crippen LogP contribution in [-0.4, -0.2) is 103 Å². The summed E-state index contributed by atoms with van der Waals surface area (Å²) in [4.78, 5) is 0. The van der Waals surface area contributed by atoms with Crippen molar-refractivity contribution in [1.29, 1.82) is 0 Å². The van der Waals surface area contributed by atoms with E-state index in [4.69, 9.17) is 18.9 Å². The van der Waals surface area contributed by atoms with Gasteiger partial charge in [-0.15, -0.1) is 0 Å². The molecule has 260 valence electrons. The van der Waals surface area contributed by atoms with Gasteiger partial charge in [-0.3, -0.25) is 0 Å². The second kappa shape index (κ2) is 9.36. The molecule has 3 heterocycles. The fourth-order valence-corrected chi connectivity index (χ4v) is 13.4. The Kier molecular flexibility index (Phi) is 6.62. The number of aliphatic hydroxyl groups excluding tert-OH is 5. The molecule has 2 bridgehead atoms. The number of hydrogen-bond donors (Lipinski definition) is 6. The Bertz CT molecular complexity index is 1330. The molecule has 3 aliphatic heterocycles. The third-order valence-electron chi connectivity index (χ3n) is 15.6. The minimum atomic E-state index is -1.35. The van der Waals surface area contributed by atoms with Gasteiger partial charge in [0.05, 0.1) is 30.0 Å². The first-order valence-corrected chi connectivity index (χ1v) is 17.7. The van der Waals surface area contributed by atoms with Crippen LogP contribution in [-0.2, 0) is 18.9 Å². The molecule has 3 spiro atoms. The van der Waals surface area contributed by atoms with E-state index in [1.165, 1.54) is 5.57 Å². The van der Waals surface area contributed by atoms with E-state index in [1.54, 1.807) is 20.8 Å². The average molecular weight is 649 g/mol. The normalized spacial score (nSPS) is 61.5. The van der Waals surface area contributed by atoms with Crippen molar-refractivity contribution in [3.05, 3.63) is 11.6 Å². The summed E-state index contributed by atoms with van der Waals surface area (Å²) in [5.41, 5.74) is -2.04. The van der Waals surface area contributed by atoms with E-state index in [-0.39, 0.29) is 46.2 Å². The van der Waals surface area contributed by atoms with Crippen LogP contribution in [0.2, 0.25) is 0 Å². The first-order chi connectivity index (χ1) is 21.2. The zero-order chi connectivity index (χ0) is 33.4. The van der Waals surface area contributed by atoms with Gasteiger partial charge in [-0.1, -0.05) is 46.3 Å². The maximum Gasteiger partial charge on any atom is 0.200 e. The van der Waals surface area contributed by atoms with Crippen molar-refractivity contribution < 1.29 is 49.6 Å². The first kappa shape index (κ1) is 32.5. The largest absolute Gasteiger partial charge is 0.392 e. The number of aliphatic hydroxyl groups is 6. The third-order valence-corrected chi connectivity index (χ3v) is 15.6. The first-order valence-electron chi connectivity index (χ1n) is 17.7. The molecule has 46 heavy (non-hydrogen) atoms. The van der Waals surface area contributed by atoms with Crippen molar-refractivity contribution >= 4 is 0 Å². The lowest BCUT2D eigenvalue weighted by molar-refractivity contribution is -0.319. The maximum atomic E-state index is 12.6. The highest BCUT2D eigenvalue weighted by Gasteiger charge is 2.88. The Morgan fingerprint density at radius 1 is 0.957 bits per heavy atom. The van der Waals surface area contributed by atoms with Gasteiger partial charge >= 0.3 is 0 Å². The summed E-state index contributed by atoms with van der Waals surface area (Å²) in [7, 11) is 0. The second-order valence-electron chi connectivity index (χ2n) is 18.4. The van der Waals surface area contributed by atoms with Crippen LogP contribution in [0.4, 0.5) is 0 Å². The molecular weight excluding hydrogens is 592 g/mol. The predicted molar refractivity (Wildman–Crippen MR) is 165 cm³/mol. The lowest BCUT2D eigenvalue weighted by atomic mass is 9.44. The van der Waals surface area contributed by atoms with Gasteiger partial charge in [0.1, 0.15) is 30.5 Å². The third kappa shape index (κ3) is 3.48. The van der Waals surface area contributed by atoms with Crippen molar-refractivity contribution in [3.8, 4) is 0 Å². The minimum absolute atomic E-state index is 0.0624. The zero-order valence-corrected chi connectivity index (χ0v) is 28.6. The molecule has 0 aromatic carbocycles. The van der Waals surface area contributed by atoms with Crippen molar-refractivity contribution in [2.45, 2.75) is 167 Å². The quantitative estimate of drug-likeness (QED) is 0.251. The molecule has 0 aromatic rings. The summed E-state index contributed by atoms with van der Waals surface area (Å²) < 4.78 is 25.8. The van der Waals surface area contributed by atoms with Crippen LogP contribution in [0, 0.1) is 44.8 Å². The Hall–Kier alpha value is -0.660. The Morgan fingerprint density at radius 3 is 2.33 bits per heavy atom. The standard InChI is InChI=1S/C36H56O10/c1-16-13-18-27(31(5,6)42)46-36(45-18)26(16)33(8)21(37)14-35-15-34(35)12-11-22(44-28-25(40)24(39)23(38)17(2)43-28)30(3,4)19(34)9-10-20(35)32(33,7)29(36)41/h10,16-19,21-29,37-42H,9,11-15H2,1-8H3. The van der Waals surface area contributed by atoms with Gasteiger partial charge in [-0.25, -0.2) is 0 Å². The molecule has 0 amide bonds. The van der Waals surface area contributed by atoms with Crippen molar-refractivity contribution in [2.24, 2.45) is 44.8 Å². The van der Waals surface area contributed by atoms with E-state index in [1.807, 2.05) is 0 Å². The van der Waals surface area contributed by atoms with Crippen LogP contribution in [0.1, 0.15) is 93.9 Å². The fraction of sp³-hybridized carbons (Fsp3) is 0.944. The molecule has 18 atom stereocenters. The van der Waals surface area contributed by atoms with Crippen molar-refractivity contribution in [3.63, 3.8) is 0 Å². The van der Waals surface area contributed by atoms with Gasteiger partial charge < -0.3 is 49.6 Å². The van der Waals surface area contributed by atoms with E-state index in [0.717, 1.165) is 25.7 Å². The van der Waals surface area contributed by atoms with Gasteiger partial charge in [0.15, 0.2) is 12.1 Å². The van der Waals surface area contributed by atoms with Gasteiger partial charge in [0.25, 0.3) is 0 Å². The van der Waals surface area contributed by atoms with Crippen LogP contribution in [0.3, 0.4) is 0 Å². The summed E-state index contributed by atoms with van der Waals surface area (Å²) in [6.45, 7) is 16.1. The molecule has 8 rings (SSSR count). The van der Waals surface area contributed by atoms with Crippen molar-refractivity contribution in [2.75, 3.05) is 0 Å². The Balaban J connectivity index is 1.15. The highest BCUT2D eigenvalue weighted by molar-refractivity contribution is 5.49. The lowest BCUT2D eigenvalue weighted by Gasteiger charge is -2.61. The molecular formula is C36H56O10. The summed E-state index contributed by atoms with van der Waals surface area (Å²) in [6, 6.07) is 0. The summed E-state index contributed by atoms with van der Waals surface area (Å²) in [5.74, 6) is -1.20. The molecule has 10 nitrogen and oxygen atoms in total. The highest BCUT2D eigenvalue weighted by atomic mass is 16.8. The Morgan fingerprint density at radius 2 is 1.65 bits per heavy atom. The molecule has 6 N–H and O–H groups in total. The van der Waals surface area contributed by atoms with E-state index in [2.05, 4.69) is 40.7 Å². The van der Waals surface area contributed by atoms with Crippen LogP contribution < -0.4 is 0 Å². The summed E-state index contributed by atoms with van der Waals surface area (Å²) >= 11 is 0. The number of ether oxygens (including phenoxy) is 4. The van der Waals surface area contributed by atoms with E-state index in [9.17, 15) is 30.6 Å². The average Bonchev–Trinajstić information content (AvgIpc) is 3.46. The second-order valence-corrected chi connectivity index (χ2v) is 18.4. The Labute approximate surface area is 272 Å². The van der Waals surface area contributed by atoms with Crippen LogP contribution in [0.25, 0.3) is 0 Å². The lowest BCUT2D eigenvalue weighted by Crippen LogP contribution is -2.61. The van der Waals surface area contributed by atoms with Gasteiger partial charge in [-0.05, 0) is 82.0 Å². The number of rotatable bonds is 3. The number of hydrogen-bond acceptors (Lipinski definition) is 10. The molecule has 7 fully saturated rings. The fourth-order valence-electron chi connectivity index (χ4n) is 13.4. The molecule has 0 aromatic heterocycles. The van der Waals surface area contributed by atoms with Crippen molar-refractivity contribution in [1.82, 2.24) is 0 Å². The van der Waals surface area contributed by atoms with Gasteiger partial charge in [-0.2, -0.15) is 0 Å². The monoisotopic (exact) mass is 648 g/mol. The summed E-state index contributed by atoms with van der Waals surface area (Å²) in [5, 5.41) is 67.5. The van der Waals surface area contributed by atoms with E-state index in [0.29, 0.717) is 12.8 Å². The van der Waals surface area contributed by atoms with E-state index >= 15 is 0 Å². The molecule has 5 aliphatic carbocycles. The van der Waals surface area contributed by atoms with Crippen LogP contribution in [0.5, 0.6) is 0 Å². The SMILES string of the molecule is CC1CC2OC3(OC2C(C)(C)O)C(O)C2(C)C4=CCC5C(C)(C)C(OC6OC(C)C(O)C(O)C6O)CCC56CC46CC(O)C2(C)C13. The molecule has 3 saturated heterocycles. The number of fused-ring (bicyclic) bond motifs is 4. The highest BCUT2D eigenvalue weighted by Crippen LogP contribution is 2.89. The molecule has 0 radical (unpaired) electrons. The smallest absolute Gasteiger partial charge is 0.200 e. The maximum absolute atomic E-state index is 12.6. The predicted octanol–water partition coefficient (Wildman–Crippen LogP) is 2.40. The molecule has 18 unspecified atom stereocenters. The molecule has 10 heteroatoms. The van der Waals surface area contributed by atoms with Gasteiger partial charge in [0.2, 0.25) is 0 Å². The van der Waals surface area contributed by atoms with Gasteiger partial charge in [0, 0.05) is 22.2 Å².